The number of ketones is 1. The van der Waals surface area contributed by atoms with Crippen LogP contribution in [-0.2, 0) is 4.79 Å². The van der Waals surface area contributed by atoms with Gasteiger partial charge in [0.1, 0.15) is 0 Å². The Morgan fingerprint density at radius 3 is 1.23 bits per heavy atom. The molecule has 30 heavy (non-hydrogen) atoms. The van der Waals surface area contributed by atoms with Crippen LogP contribution in [0.25, 0.3) is 16.7 Å². The maximum atomic E-state index is 13.6. The zero-order valence-corrected chi connectivity index (χ0v) is 16.5. The summed E-state index contributed by atoms with van der Waals surface area (Å²) >= 11 is 0. The Labute approximate surface area is 176 Å². The summed E-state index contributed by atoms with van der Waals surface area (Å²) in [6.07, 6.45) is 0. The molecule has 5 rings (SSSR count). The first-order chi connectivity index (χ1) is 14.8. The third-order valence-corrected chi connectivity index (χ3v) is 5.45. The molecule has 0 radical (unpaired) electrons. The van der Waals surface area contributed by atoms with Gasteiger partial charge < -0.3 is 0 Å². The molecule has 1 nitrogen and oxygen atoms in total. The topological polar surface area (TPSA) is 17.1 Å². The Kier molecular flexibility index (Phi) is 4.71. The lowest BCUT2D eigenvalue weighted by Crippen LogP contribution is -2.22. The first kappa shape index (κ1) is 18.1. The predicted octanol–water partition coefficient (Wildman–Crippen LogP) is 6.68. The van der Waals surface area contributed by atoms with Crippen molar-refractivity contribution in [2.24, 2.45) is 0 Å². The molecule has 0 saturated heterocycles. The van der Waals surface area contributed by atoms with E-state index in [2.05, 4.69) is 36.4 Å². The minimum Gasteiger partial charge on any atom is -0.289 e. The summed E-state index contributed by atoms with van der Waals surface area (Å²) in [5, 5.41) is 0. The number of carbonyl (C=O) groups is 1. The lowest BCUT2D eigenvalue weighted by Gasteiger charge is -2.30. The number of Topliss-reactive ketones (excluding diaryl/α,β-unsaturated/α-hetero) is 1. The maximum absolute atomic E-state index is 13.6. The summed E-state index contributed by atoms with van der Waals surface area (Å²) < 4.78 is 0. The molecule has 1 aliphatic rings. The van der Waals surface area contributed by atoms with E-state index in [-0.39, 0.29) is 5.78 Å². The predicted molar refractivity (Wildman–Crippen MR) is 124 cm³/mol. The van der Waals surface area contributed by atoms with Gasteiger partial charge in [-0.25, -0.2) is 0 Å². The molecule has 0 aromatic heterocycles. The Balaban J connectivity index is 1.84. The van der Waals surface area contributed by atoms with Gasteiger partial charge in [0.15, 0.2) is 5.78 Å². The number of hydrogen-bond donors (Lipinski definition) is 0. The van der Waals surface area contributed by atoms with Gasteiger partial charge >= 0.3 is 0 Å². The Hall–Kier alpha value is -3.97. The number of carbonyl (C=O) groups excluding carboxylic acids is 1. The van der Waals surface area contributed by atoms with E-state index in [0.29, 0.717) is 0 Å². The van der Waals surface area contributed by atoms with E-state index in [1.165, 1.54) is 0 Å². The van der Waals surface area contributed by atoms with E-state index in [9.17, 15) is 4.79 Å². The molecule has 0 unspecified atom stereocenters. The monoisotopic (exact) mass is 384 g/mol. The van der Waals surface area contributed by atoms with Crippen LogP contribution in [-0.4, -0.2) is 5.78 Å². The fourth-order valence-electron chi connectivity index (χ4n) is 4.09. The molecule has 0 saturated carbocycles. The molecular weight excluding hydrogens is 364 g/mol. The van der Waals surface area contributed by atoms with E-state index >= 15 is 0 Å². The van der Waals surface area contributed by atoms with Crippen molar-refractivity contribution < 1.29 is 4.79 Å². The molecule has 0 spiro atoms. The number of allylic oxidation sites excluding steroid dienone is 3. The Morgan fingerprint density at radius 2 is 0.800 bits per heavy atom. The second-order valence-electron chi connectivity index (χ2n) is 7.29. The zero-order chi connectivity index (χ0) is 20.3. The molecule has 4 aromatic rings. The zero-order valence-electron chi connectivity index (χ0n) is 16.5. The first-order valence-corrected chi connectivity index (χ1v) is 10.1. The quantitative estimate of drug-likeness (QED) is 0.359. The van der Waals surface area contributed by atoms with Crippen molar-refractivity contribution in [3.63, 3.8) is 0 Å². The van der Waals surface area contributed by atoms with Gasteiger partial charge in [0.25, 0.3) is 0 Å². The maximum Gasteiger partial charge on any atom is 0.195 e. The molecule has 0 amide bonds. The van der Waals surface area contributed by atoms with Crippen molar-refractivity contribution >= 4 is 22.5 Å². The van der Waals surface area contributed by atoms with Gasteiger partial charge in [0, 0.05) is 22.3 Å². The molecule has 0 N–H and O–H groups in total. The lowest BCUT2D eigenvalue weighted by atomic mass is 9.70. The molecule has 0 fully saturated rings. The summed E-state index contributed by atoms with van der Waals surface area (Å²) in [4.78, 5) is 13.6. The van der Waals surface area contributed by atoms with E-state index < -0.39 is 0 Å². The average molecular weight is 384 g/mol. The highest BCUT2D eigenvalue weighted by Gasteiger charge is 2.37. The molecule has 0 aliphatic heterocycles. The third kappa shape index (κ3) is 3.11. The second-order valence-corrected chi connectivity index (χ2v) is 7.29. The van der Waals surface area contributed by atoms with Crippen LogP contribution in [0, 0.1) is 0 Å². The highest BCUT2D eigenvalue weighted by Crippen LogP contribution is 2.48. The summed E-state index contributed by atoms with van der Waals surface area (Å²) in [5.41, 5.74) is 7.72. The van der Waals surface area contributed by atoms with Crippen molar-refractivity contribution in [2.75, 3.05) is 0 Å². The molecule has 0 bridgehead atoms. The SMILES string of the molecule is O=C1C(=C(c2ccccc2)c2ccccc2)C(c2ccccc2)=C1c1ccccc1. The van der Waals surface area contributed by atoms with E-state index in [4.69, 9.17) is 0 Å². The lowest BCUT2D eigenvalue weighted by molar-refractivity contribution is -0.110. The second kappa shape index (κ2) is 7.81. The van der Waals surface area contributed by atoms with Gasteiger partial charge in [-0.15, -0.1) is 0 Å². The molecule has 0 atom stereocenters. The molecule has 0 heterocycles. The smallest absolute Gasteiger partial charge is 0.195 e. The summed E-state index contributed by atoms with van der Waals surface area (Å²) in [6.45, 7) is 0. The van der Waals surface area contributed by atoms with Crippen LogP contribution in [0.5, 0.6) is 0 Å². The largest absolute Gasteiger partial charge is 0.289 e. The minimum absolute atomic E-state index is 0.0998. The van der Waals surface area contributed by atoms with Crippen LogP contribution in [0.4, 0.5) is 0 Å². The molecule has 1 heteroatoms. The van der Waals surface area contributed by atoms with Crippen molar-refractivity contribution in [1.82, 2.24) is 0 Å². The van der Waals surface area contributed by atoms with Crippen LogP contribution in [0.1, 0.15) is 22.3 Å². The standard InChI is InChI=1S/C29H20O/c30-29-27(24-19-11-4-12-20-24)26(23-17-9-3-10-18-23)28(29)25(21-13-5-1-6-14-21)22-15-7-2-8-16-22/h1-20H. The molecular formula is C29H20O. The fourth-order valence-corrected chi connectivity index (χ4v) is 4.09. The van der Waals surface area contributed by atoms with Crippen molar-refractivity contribution in [3.8, 4) is 0 Å². The Morgan fingerprint density at radius 1 is 0.433 bits per heavy atom. The van der Waals surface area contributed by atoms with Crippen LogP contribution in [0.2, 0.25) is 0 Å². The van der Waals surface area contributed by atoms with Gasteiger partial charge in [0.2, 0.25) is 0 Å². The molecule has 142 valence electrons. The van der Waals surface area contributed by atoms with Crippen LogP contribution in [0.3, 0.4) is 0 Å². The van der Waals surface area contributed by atoms with Gasteiger partial charge in [-0.2, -0.15) is 0 Å². The van der Waals surface area contributed by atoms with E-state index in [1.54, 1.807) is 0 Å². The first-order valence-electron chi connectivity index (χ1n) is 10.1. The number of benzene rings is 4. The number of rotatable bonds is 4. The summed E-state index contributed by atoms with van der Waals surface area (Å²) in [6, 6.07) is 40.6. The van der Waals surface area contributed by atoms with E-state index in [1.807, 2.05) is 84.9 Å². The normalized spacial score (nSPS) is 13.2. The van der Waals surface area contributed by atoms with Crippen LogP contribution >= 0.6 is 0 Å². The average Bonchev–Trinajstić information content (AvgIpc) is 2.83. The van der Waals surface area contributed by atoms with Gasteiger partial charge in [-0.05, 0) is 22.3 Å². The van der Waals surface area contributed by atoms with Crippen molar-refractivity contribution in [1.29, 1.82) is 0 Å². The number of hydrogen-bond acceptors (Lipinski definition) is 1. The van der Waals surface area contributed by atoms with Crippen LogP contribution < -0.4 is 0 Å². The fraction of sp³-hybridized carbons (Fsp3) is 0. The van der Waals surface area contributed by atoms with Gasteiger partial charge in [-0.1, -0.05) is 121 Å². The summed E-state index contributed by atoms with van der Waals surface area (Å²) in [5.74, 6) is 0.0998. The van der Waals surface area contributed by atoms with E-state index in [0.717, 1.165) is 44.5 Å². The summed E-state index contributed by atoms with van der Waals surface area (Å²) in [7, 11) is 0. The van der Waals surface area contributed by atoms with Crippen molar-refractivity contribution in [3.05, 3.63) is 149 Å². The van der Waals surface area contributed by atoms with Gasteiger partial charge in [0.05, 0.1) is 0 Å². The molecule has 1 aliphatic carbocycles. The minimum atomic E-state index is 0.0998. The van der Waals surface area contributed by atoms with Crippen LogP contribution in [0.15, 0.2) is 127 Å². The highest BCUT2D eigenvalue weighted by atomic mass is 16.1. The van der Waals surface area contributed by atoms with Gasteiger partial charge in [-0.3, -0.25) is 4.79 Å². The third-order valence-electron chi connectivity index (χ3n) is 5.45. The Bertz CT molecular complexity index is 1210. The van der Waals surface area contributed by atoms with Crippen molar-refractivity contribution in [2.45, 2.75) is 0 Å². The highest BCUT2D eigenvalue weighted by molar-refractivity contribution is 6.52. The molecule has 4 aromatic carbocycles.